The van der Waals surface area contributed by atoms with Crippen LogP contribution in [-0.2, 0) is 4.74 Å². The van der Waals surface area contributed by atoms with E-state index in [1.807, 2.05) is 33.8 Å². The number of aromatic amines is 1. The average molecular weight is 411 g/mol. The van der Waals surface area contributed by atoms with Crippen LogP contribution >= 0.6 is 0 Å². The summed E-state index contributed by atoms with van der Waals surface area (Å²) in [6.07, 6.45) is 2.96. The molecule has 0 bridgehead atoms. The number of anilines is 1. The molecule has 1 saturated heterocycles. The van der Waals surface area contributed by atoms with Crippen LogP contribution in [0.4, 0.5) is 15.0 Å². The summed E-state index contributed by atoms with van der Waals surface area (Å²) >= 11 is 0. The molecule has 8 heteroatoms. The lowest BCUT2D eigenvalue weighted by atomic mass is 10.0. The van der Waals surface area contributed by atoms with E-state index >= 15 is 0 Å². The van der Waals surface area contributed by atoms with Crippen molar-refractivity contribution >= 4 is 22.9 Å². The van der Waals surface area contributed by atoms with Crippen LogP contribution in [0.25, 0.3) is 22.2 Å². The first kappa shape index (κ1) is 20.1. The van der Waals surface area contributed by atoms with E-state index in [2.05, 4.69) is 19.9 Å². The van der Waals surface area contributed by atoms with Gasteiger partial charge in [-0.2, -0.15) is 0 Å². The van der Waals surface area contributed by atoms with Crippen LogP contribution in [0.5, 0.6) is 0 Å². The lowest BCUT2D eigenvalue weighted by molar-refractivity contribution is 0.0159. The highest BCUT2D eigenvalue weighted by molar-refractivity contribution is 6.01. The maximum atomic E-state index is 14.5. The van der Waals surface area contributed by atoms with E-state index in [0.29, 0.717) is 30.8 Å². The smallest absolute Gasteiger partial charge is 0.410 e. The first-order valence-electron chi connectivity index (χ1n) is 10.1. The molecule has 1 aliphatic rings. The Bertz CT molecular complexity index is 1070. The Morgan fingerprint density at radius 3 is 2.67 bits per heavy atom. The summed E-state index contributed by atoms with van der Waals surface area (Å²) in [5.74, 6) is 0.437. The van der Waals surface area contributed by atoms with E-state index in [-0.39, 0.29) is 18.0 Å². The van der Waals surface area contributed by atoms with Gasteiger partial charge in [-0.1, -0.05) is 18.2 Å². The minimum atomic E-state index is -0.535. The Kier molecular flexibility index (Phi) is 5.09. The first-order chi connectivity index (χ1) is 14.2. The Balaban J connectivity index is 1.64. The van der Waals surface area contributed by atoms with Gasteiger partial charge in [0, 0.05) is 43.0 Å². The zero-order valence-electron chi connectivity index (χ0n) is 17.6. The van der Waals surface area contributed by atoms with Crippen LogP contribution < -0.4 is 4.90 Å². The van der Waals surface area contributed by atoms with Crippen molar-refractivity contribution in [2.75, 3.05) is 24.5 Å². The maximum Gasteiger partial charge on any atom is 0.410 e. The predicted octanol–water partition coefficient (Wildman–Crippen LogP) is 4.21. The van der Waals surface area contributed by atoms with Gasteiger partial charge in [0.25, 0.3) is 0 Å². The number of halogens is 1. The standard InChI is InChI=1S/C22H26FN5O2/c1-14-12-27(9-10-28(14)21(29)30-22(2,3)4)20-18-16(11-24-19(18)25-13-26-20)15-7-5-6-8-17(15)23/h5-8,11,13-14H,9-10,12H2,1-4H3,(H,24,25,26)/t14-/m1/s1. The lowest BCUT2D eigenvalue weighted by Crippen LogP contribution is -2.55. The Labute approximate surface area is 174 Å². The number of carbonyl (C=O) groups is 1. The number of fused-ring (bicyclic) bond motifs is 1. The largest absolute Gasteiger partial charge is 0.444 e. The molecule has 158 valence electrons. The molecule has 1 atom stereocenters. The fraction of sp³-hybridized carbons (Fsp3) is 0.409. The third-order valence-corrected chi connectivity index (χ3v) is 5.17. The number of nitrogens with one attached hydrogen (secondary N) is 1. The van der Waals surface area contributed by atoms with Gasteiger partial charge in [-0.25, -0.2) is 19.2 Å². The van der Waals surface area contributed by atoms with Gasteiger partial charge >= 0.3 is 6.09 Å². The minimum Gasteiger partial charge on any atom is -0.444 e. The van der Waals surface area contributed by atoms with Crippen molar-refractivity contribution in [2.45, 2.75) is 39.3 Å². The SMILES string of the molecule is C[C@@H]1CN(c2ncnc3[nH]cc(-c4ccccc4F)c23)CCN1C(=O)OC(C)(C)C. The molecule has 7 nitrogen and oxygen atoms in total. The fourth-order valence-electron chi connectivity index (χ4n) is 3.82. The molecule has 0 saturated carbocycles. The number of hydrogen-bond acceptors (Lipinski definition) is 5. The number of H-pyrrole nitrogens is 1. The van der Waals surface area contributed by atoms with E-state index in [4.69, 9.17) is 4.74 Å². The zero-order chi connectivity index (χ0) is 21.5. The molecule has 0 unspecified atom stereocenters. The number of aromatic nitrogens is 3. The van der Waals surface area contributed by atoms with Crippen LogP contribution in [0.1, 0.15) is 27.7 Å². The van der Waals surface area contributed by atoms with Gasteiger partial charge in [0.15, 0.2) is 0 Å². The molecule has 1 amide bonds. The molecule has 2 aromatic heterocycles. The van der Waals surface area contributed by atoms with Crippen molar-refractivity contribution in [3.63, 3.8) is 0 Å². The second kappa shape index (κ2) is 7.59. The molecule has 1 N–H and O–H groups in total. The van der Waals surface area contributed by atoms with Crippen molar-refractivity contribution in [3.05, 3.63) is 42.6 Å². The molecule has 1 aromatic carbocycles. The first-order valence-corrected chi connectivity index (χ1v) is 10.1. The summed E-state index contributed by atoms with van der Waals surface area (Å²) < 4.78 is 20.0. The molecular weight excluding hydrogens is 385 g/mol. The molecular formula is C22H26FN5O2. The van der Waals surface area contributed by atoms with Crippen LogP contribution in [0.3, 0.4) is 0 Å². The highest BCUT2D eigenvalue weighted by atomic mass is 19.1. The van der Waals surface area contributed by atoms with Crippen molar-refractivity contribution in [1.29, 1.82) is 0 Å². The number of carbonyl (C=O) groups excluding carboxylic acids is 1. The zero-order valence-corrected chi connectivity index (χ0v) is 17.6. The van der Waals surface area contributed by atoms with Crippen molar-refractivity contribution in [2.24, 2.45) is 0 Å². The summed E-state index contributed by atoms with van der Waals surface area (Å²) in [6, 6.07) is 6.61. The van der Waals surface area contributed by atoms with Crippen molar-refractivity contribution < 1.29 is 13.9 Å². The molecule has 0 radical (unpaired) electrons. The van der Waals surface area contributed by atoms with Gasteiger partial charge in [0.2, 0.25) is 0 Å². The van der Waals surface area contributed by atoms with E-state index in [1.54, 1.807) is 23.2 Å². The molecule has 1 fully saturated rings. The lowest BCUT2D eigenvalue weighted by Gasteiger charge is -2.40. The van der Waals surface area contributed by atoms with Crippen LogP contribution in [-0.4, -0.2) is 57.2 Å². The molecule has 4 rings (SSSR count). The number of nitrogens with zero attached hydrogens (tertiary/aromatic N) is 4. The fourth-order valence-corrected chi connectivity index (χ4v) is 3.82. The van der Waals surface area contributed by atoms with Crippen molar-refractivity contribution in [1.82, 2.24) is 19.9 Å². The molecule has 0 spiro atoms. The third-order valence-electron chi connectivity index (χ3n) is 5.17. The number of ether oxygens (including phenoxy) is 1. The summed E-state index contributed by atoms with van der Waals surface area (Å²) in [7, 11) is 0. The third kappa shape index (κ3) is 3.81. The molecule has 3 aromatic rings. The van der Waals surface area contributed by atoms with Crippen LogP contribution in [0, 0.1) is 5.82 Å². The molecule has 3 heterocycles. The van der Waals surface area contributed by atoms with E-state index in [0.717, 1.165) is 16.8 Å². The predicted molar refractivity (Wildman–Crippen MR) is 114 cm³/mol. The van der Waals surface area contributed by atoms with E-state index < -0.39 is 5.60 Å². The molecule has 30 heavy (non-hydrogen) atoms. The van der Waals surface area contributed by atoms with Gasteiger partial charge in [-0.15, -0.1) is 0 Å². The topological polar surface area (TPSA) is 74.4 Å². The average Bonchev–Trinajstić information content (AvgIpc) is 3.11. The number of rotatable bonds is 2. The summed E-state index contributed by atoms with van der Waals surface area (Å²) in [4.78, 5) is 28.4. The number of hydrogen-bond donors (Lipinski definition) is 1. The second-order valence-electron chi connectivity index (χ2n) is 8.57. The normalized spacial score (nSPS) is 17.4. The van der Waals surface area contributed by atoms with Gasteiger partial charge < -0.3 is 19.5 Å². The Morgan fingerprint density at radius 1 is 1.20 bits per heavy atom. The van der Waals surface area contributed by atoms with Crippen LogP contribution in [0.2, 0.25) is 0 Å². The monoisotopic (exact) mass is 411 g/mol. The Hall–Kier alpha value is -3.16. The number of piperazine rings is 1. The molecule has 0 aliphatic carbocycles. The van der Waals surface area contributed by atoms with E-state index in [9.17, 15) is 9.18 Å². The summed E-state index contributed by atoms with van der Waals surface area (Å²) in [6.45, 7) is 9.27. The highest BCUT2D eigenvalue weighted by Gasteiger charge is 2.32. The van der Waals surface area contributed by atoms with E-state index in [1.165, 1.54) is 12.4 Å². The number of amides is 1. The summed E-state index contributed by atoms with van der Waals surface area (Å²) in [5.41, 5.74) is 1.34. The summed E-state index contributed by atoms with van der Waals surface area (Å²) in [5, 5.41) is 0.778. The second-order valence-corrected chi connectivity index (χ2v) is 8.57. The van der Waals surface area contributed by atoms with Gasteiger partial charge in [0.05, 0.1) is 5.39 Å². The maximum absolute atomic E-state index is 14.5. The Morgan fingerprint density at radius 2 is 1.97 bits per heavy atom. The van der Waals surface area contributed by atoms with Crippen LogP contribution in [0.15, 0.2) is 36.8 Å². The highest BCUT2D eigenvalue weighted by Crippen LogP contribution is 2.35. The van der Waals surface area contributed by atoms with Crippen molar-refractivity contribution in [3.8, 4) is 11.1 Å². The molecule has 1 aliphatic heterocycles. The minimum absolute atomic E-state index is 0.0607. The quantitative estimate of drug-likeness (QED) is 0.684. The number of benzene rings is 1. The van der Waals surface area contributed by atoms with Gasteiger partial charge in [-0.3, -0.25) is 0 Å². The van der Waals surface area contributed by atoms with Gasteiger partial charge in [-0.05, 0) is 33.8 Å². The van der Waals surface area contributed by atoms with Gasteiger partial charge in [0.1, 0.15) is 29.2 Å².